The Kier molecular flexibility index (Phi) is 9.75. The second kappa shape index (κ2) is 15.5. The molecule has 3 heterocycles. The molecule has 9 aromatic rings. The van der Waals surface area contributed by atoms with Gasteiger partial charge >= 0.3 is 0 Å². The van der Waals surface area contributed by atoms with Crippen molar-refractivity contribution in [3.63, 3.8) is 0 Å². The van der Waals surface area contributed by atoms with Gasteiger partial charge in [0.1, 0.15) is 11.2 Å². The number of fused-ring (bicyclic) bond motifs is 9. The topological polar surface area (TPSA) is 22.9 Å². The molecule has 0 atom stereocenters. The lowest BCUT2D eigenvalue weighted by molar-refractivity contribution is 0.332. The summed E-state index contributed by atoms with van der Waals surface area (Å²) >= 11 is 0. The molecule has 2 aliphatic heterocycles. The Hall–Kier alpha value is -6.98. The van der Waals surface area contributed by atoms with Crippen molar-refractivity contribution in [2.24, 2.45) is 0 Å². The average molecular weight is 954 g/mol. The maximum Gasteiger partial charge on any atom is 0.252 e. The van der Waals surface area contributed by atoms with Gasteiger partial charge in [0.2, 0.25) is 0 Å². The van der Waals surface area contributed by atoms with E-state index < -0.39 is 0 Å². The minimum Gasteiger partial charge on any atom is -0.456 e. The molecule has 4 aliphatic rings. The Morgan fingerprint density at radius 1 is 0.466 bits per heavy atom. The van der Waals surface area contributed by atoms with Crippen LogP contribution < -0.4 is 31.1 Å². The second-order valence-electron chi connectivity index (χ2n) is 25.7. The molecule has 2 aliphatic carbocycles. The smallest absolute Gasteiger partial charge is 0.252 e. The number of rotatable bonds is 5. The molecule has 0 bridgehead atoms. The van der Waals surface area contributed by atoms with E-state index in [1.54, 1.807) is 0 Å². The number of anilines is 9. The molecular formula is C68H68BN3O. The molecule has 364 valence electrons. The van der Waals surface area contributed by atoms with Gasteiger partial charge in [0.15, 0.2) is 0 Å². The molecule has 0 radical (unpaired) electrons. The Morgan fingerprint density at radius 3 is 1.63 bits per heavy atom. The summed E-state index contributed by atoms with van der Waals surface area (Å²) in [6.07, 6.45) is 3.46. The zero-order chi connectivity index (χ0) is 50.7. The van der Waals surface area contributed by atoms with Gasteiger partial charge in [0.25, 0.3) is 6.71 Å². The van der Waals surface area contributed by atoms with Crippen LogP contribution in [0, 0.1) is 6.92 Å². The Labute approximate surface area is 433 Å². The summed E-state index contributed by atoms with van der Waals surface area (Å²) in [4.78, 5) is 7.62. The fraction of sp³-hybridized carbons (Fsp3) is 0.294. The first-order valence-electron chi connectivity index (χ1n) is 26.8. The maximum atomic E-state index is 6.91. The van der Waals surface area contributed by atoms with Crippen molar-refractivity contribution in [3.05, 3.63) is 191 Å². The van der Waals surface area contributed by atoms with Crippen LogP contribution in [0.25, 0.3) is 21.9 Å². The third kappa shape index (κ3) is 7.00. The summed E-state index contributed by atoms with van der Waals surface area (Å²) in [6.45, 7) is 28.7. The van der Waals surface area contributed by atoms with Crippen molar-refractivity contribution in [1.29, 1.82) is 0 Å². The van der Waals surface area contributed by atoms with Gasteiger partial charge in [-0.3, -0.25) is 0 Å². The summed E-state index contributed by atoms with van der Waals surface area (Å²) < 4.78 is 6.91. The summed E-state index contributed by atoms with van der Waals surface area (Å²) in [7, 11) is 0. The van der Waals surface area contributed by atoms with Crippen LogP contribution in [0.4, 0.5) is 51.2 Å². The zero-order valence-electron chi connectivity index (χ0n) is 45.0. The van der Waals surface area contributed by atoms with E-state index >= 15 is 0 Å². The van der Waals surface area contributed by atoms with E-state index in [1.165, 1.54) is 91.0 Å². The van der Waals surface area contributed by atoms with Crippen LogP contribution >= 0.6 is 0 Å². The standard InChI is InChI=1S/C68H68BN3O/c1-42-33-59-63-60(34-42)72(48-24-28-50-49-27-23-43(64(2,3)4)35-61(49)73-62(50)38-48)57-37-47(70(44-19-15-13-16-20-44)45-21-17-14-18-22-45)26-30-55(57)69(63)56-39-53-54(68(11,12)41-67(53,9)10)40-58(56)71(59)46-25-29-51-52(36-46)66(7,8)32-31-65(51,5)6/h13-30,33-40H,31-32,41H2,1-12H3. The molecule has 5 heteroatoms. The van der Waals surface area contributed by atoms with Crippen LogP contribution in [0.2, 0.25) is 0 Å². The van der Waals surface area contributed by atoms with Crippen molar-refractivity contribution in [2.45, 2.75) is 129 Å². The number of furan rings is 1. The summed E-state index contributed by atoms with van der Waals surface area (Å²) in [6, 6.07) is 60.2. The van der Waals surface area contributed by atoms with Gasteiger partial charge in [-0.2, -0.15) is 0 Å². The van der Waals surface area contributed by atoms with Crippen molar-refractivity contribution >= 4 is 96.2 Å². The van der Waals surface area contributed by atoms with E-state index in [9.17, 15) is 0 Å². The molecule has 0 fully saturated rings. The van der Waals surface area contributed by atoms with Crippen molar-refractivity contribution < 1.29 is 4.42 Å². The van der Waals surface area contributed by atoms with Crippen LogP contribution in [0.1, 0.15) is 129 Å². The SMILES string of the molecule is Cc1cc2c3c(c1)N(c1ccc4c(c1)C(C)(C)CCC4(C)C)c1cc4c(cc1B3c1ccc(N(c3ccccc3)c3ccccc3)cc1N2c1ccc2c(c1)oc1cc(C(C)(C)C)ccc12)C(C)(C)CC4(C)C. The third-order valence-electron chi connectivity index (χ3n) is 17.6. The average Bonchev–Trinajstić information content (AvgIpc) is 3.81. The molecule has 0 amide bonds. The molecule has 0 unspecified atom stereocenters. The van der Waals surface area contributed by atoms with Crippen LogP contribution in [0.5, 0.6) is 0 Å². The third-order valence-corrected chi connectivity index (χ3v) is 17.6. The first kappa shape index (κ1) is 45.9. The first-order chi connectivity index (χ1) is 34.7. The van der Waals surface area contributed by atoms with E-state index in [1.807, 2.05) is 0 Å². The highest BCUT2D eigenvalue weighted by molar-refractivity contribution is 7.00. The van der Waals surface area contributed by atoms with Crippen LogP contribution in [0.15, 0.2) is 162 Å². The van der Waals surface area contributed by atoms with Gasteiger partial charge in [-0.25, -0.2) is 0 Å². The lowest BCUT2D eigenvalue weighted by atomic mass is 9.33. The molecule has 0 saturated carbocycles. The van der Waals surface area contributed by atoms with Gasteiger partial charge in [-0.15, -0.1) is 0 Å². The quantitative estimate of drug-likeness (QED) is 0.160. The van der Waals surface area contributed by atoms with Gasteiger partial charge in [0, 0.05) is 68.0 Å². The minimum atomic E-state index is -0.0254. The van der Waals surface area contributed by atoms with E-state index in [-0.39, 0.29) is 33.8 Å². The highest BCUT2D eigenvalue weighted by Gasteiger charge is 2.49. The van der Waals surface area contributed by atoms with Gasteiger partial charge in [-0.1, -0.05) is 143 Å². The lowest BCUT2D eigenvalue weighted by Crippen LogP contribution is -2.61. The molecule has 8 aromatic carbocycles. The minimum absolute atomic E-state index is 0.00611. The molecular weight excluding hydrogens is 886 g/mol. The molecule has 1 aromatic heterocycles. The second-order valence-corrected chi connectivity index (χ2v) is 25.7. The van der Waals surface area contributed by atoms with Gasteiger partial charge < -0.3 is 19.1 Å². The largest absolute Gasteiger partial charge is 0.456 e. The Balaban J connectivity index is 1.11. The normalized spacial score (nSPS) is 17.5. The molecule has 0 spiro atoms. The first-order valence-corrected chi connectivity index (χ1v) is 26.8. The highest BCUT2D eigenvalue weighted by atomic mass is 16.3. The number of hydrogen-bond acceptors (Lipinski definition) is 4. The van der Waals surface area contributed by atoms with Crippen LogP contribution in [-0.4, -0.2) is 6.71 Å². The monoisotopic (exact) mass is 954 g/mol. The number of benzene rings is 8. The Bertz CT molecular complexity index is 3700. The fourth-order valence-electron chi connectivity index (χ4n) is 14.0. The van der Waals surface area contributed by atoms with Crippen molar-refractivity contribution in [3.8, 4) is 0 Å². The lowest BCUT2D eigenvalue weighted by Gasteiger charge is -2.46. The Morgan fingerprint density at radius 2 is 1.00 bits per heavy atom. The van der Waals surface area contributed by atoms with E-state index in [0.717, 1.165) is 51.1 Å². The number of aryl methyl sites for hydroxylation is 1. The zero-order valence-corrected chi connectivity index (χ0v) is 45.0. The molecule has 0 N–H and O–H groups in total. The van der Waals surface area contributed by atoms with Crippen molar-refractivity contribution in [1.82, 2.24) is 0 Å². The van der Waals surface area contributed by atoms with Crippen LogP contribution in [-0.2, 0) is 27.1 Å². The summed E-state index contributed by atoms with van der Waals surface area (Å²) in [5, 5.41) is 2.28. The molecule has 13 rings (SSSR count). The van der Waals surface area contributed by atoms with E-state index in [2.05, 4.69) is 256 Å². The van der Waals surface area contributed by atoms with E-state index in [0.29, 0.717) is 0 Å². The molecule has 4 nitrogen and oxygen atoms in total. The van der Waals surface area contributed by atoms with Gasteiger partial charge in [0.05, 0.1) is 0 Å². The predicted molar refractivity (Wildman–Crippen MR) is 312 cm³/mol. The summed E-state index contributed by atoms with van der Waals surface area (Å²) in [5.74, 6) is 0. The van der Waals surface area contributed by atoms with E-state index in [4.69, 9.17) is 4.42 Å². The molecule has 0 saturated heterocycles. The highest BCUT2D eigenvalue weighted by Crippen LogP contribution is 2.54. The number of nitrogens with zero attached hydrogens (tertiary/aromatic N) is 3. The fourth-order valence-corrected chi connectivity index (χ4v) is 14.0. The number of hydrogen-bond donors (Lipinski definition) is 0. The van der Waals surface area contributed by atoms with Gasteiger partial charge in [-0.05, 0) is 188 Å². The number of para-hydroxylation sites is 2. The van der Waals surface area contributed by atoms with Crippen LogP contribution in [0.3, 0.4) is 0 Å². The van der Waals surface area contributed by atoms with Crippen molar-refractivity contribution in [2.75, 3.05) is 14.7 Å². The predicted octanol–water partition coefficient (Wildman–Crippen LogP) is 17.1. The molecule has 73 heavy (non-hydrogen) atoms. The summed E-state index contributed by atoms with van der Waals surface area (Å²) in [5.41, 5.74) is 25.0. The maximum absolute atomic E-state index is 6.91.